The van der Waals surface area contributed by atoms with Crippen LogP contribution in [0.2, 0.25) is 0 Å². The topological polar surface area (TPSA) is 116 Å². The molecule has 0 amide bonds. The Morgan fingerprint density at radius 2 is 2.19 bits per heavy atom. The number of H-pyrrole nitrogens is 1. The normalized spacial score (nSPS) is 12.9. The molecule has 0 aliphatic rings. The van der Waals surface area contributed by atoms with Gasteiger partial charge in [-0.25, -0.2) is 4.98 Å². The number of anilines is 2. The summed E-state index contributed by atoms with van der Waals surface area (Å²) in [6.45, 7) is 2.01. The maximum Gasteiger partial charge on any atom is 0.222 e. The Hall–Kier alpha value is -2.19. The number of nitrogens with two attached hydrogens (primary N) is 2. The van der Waals surface area contributed by atoms with Gasteiger partial charge in [0.25, 0.3) is 0 Å². The average Bonchev–Trinajstić information content (AvgIpc) is 3.07. The second kappa shape index (κ2) is 5.30. The first-order chi connectivity index (χ1) is 10.1. The lowest BCUT2D eigenvalue weighted by molar-refractivity contribution is 0.119. The van der Waals surface area contributed by atoms with Crippen LogP contribution >= 0.6 is 11.3 Å². The average molecular weight is 304 g/mol. The van der Waals surface area contributed by atoms with Crippen molar-refractivity contribution in [2.45, 2.75) is 19.4 Å². The molecule has 3 rings (SSSR count). The minimum atomic E-state index is 0.0573. The van der Waals surface area contributed by atoms with Crippen molar-refractivity contribution in [1.29, 1.82) is 0 Å². The molecule has 3 heterocycles. The summed E-state index contributed by atoms with van der Waals surface area (Å²) in [5.41, 5.74) is 14.5. The van der Waals surface area contributed by atoms with Crippen molar-refractivity contribution in [2.24, 2.45) is 0 Å². The summed E-state index contributed by atoms with van der Waals surface area (Å²) in [5.74, 6) is 0.583. The maximum atomic E-state index is 5.98. The van der Waals surface area contributed by atoms with Crippen LogP contribution in [-0.4, -0.2) is 33.4 Å². The molecule has 7 nitrogen and oxygen atoms in total. The zero-order valence-corrected chi connectivity index (χ0v) is 12.6. The molecule has 0 fully saturated rings. The molecule has 0 saturated heterocycles. The van der Waals surface area contributed by atoms with Crippen molar-refractivity contribution in [3.8, 4) is 10.6 Å². The number of ether oxygens (including phenoxy) is 1. The van der Waals surface area contributed by atoms with Crippen molar-refractivity contribution in [1.82, 2.24) is 20.2 Å². The van der Waals surface area contributed by atoms with Gasteiger partial charge in [0, 0.05) is 25.3 Å². The van der Waals surface area contributed by atoms with Gasteiger partial charge < -0.3 is 16.2 Å². The van der Waals surface area contributed by atoms with E-state index in [-0.39, 0.29) is 12.1 Å². The van der Waals surface area contributed by atoms with Gasteiger partial charge in [-0.05, 0) is 13.0 Å². The van der Waals surface area contributed by atoms with Crippen molar-refractivity contribution in [3.05, 3.63) is 17.8 Å². The van der Waals surface area contributed by atoms with E-state index >= 15 is 0 Å². The Kier molecular flexibility index (Phi) is 3.48. The summed E-state index contributed by atoms with van der Waals surface area (Å²) in [7, 11) is 1.69. The smallest absolute Gasteiger partial charge is 0.222 e. The van der Waals surface area contributed by atoms with Crippen LogP contribution in [0.25, 0.3) is 20.8 Å². The third kappa shape index (κ3) is 2.43. The van der Waals surface area contributed by atoms with E-state index in [1.807, 2.05) is 13.0 Å². The van der Waals surface area contributed by atoms with Crippen molar-refractivity contribution in [2.75, 3.05) is 18.6 Å². The second-order valence-corrected chi connectivity index (χ2v) is 5.80. The molecule has 3 aromatic rings. The molecule has 110 valence electrons. The molecule has 21 heavy (non-hydrogen) atoms. The minimum Gasteiger partial charge on any atom is -0.382 e. The number of nitrogen functional groups attached to an aromatic ring is 2. The molecule has 3 aromatic heterocycles. The van der Waals surface area contributed by atoms with E-state index in [4.69, 9.17) is 16.2 Å². The number of thiophene rings is 1. The van der Waals surface area contributed by atoms with Crippen LogP contribution in [0.1, 0.15) is 12.5 Å². The second-order valence-electron chi connectivity index (χ2n) is 4.78. The number of hydrogen-bond acceptors (Lipinski definition) is 7. The first-order valence-electron chi connectivity index (χ1n) is 6.47. The van der Waals surface area contributed by atoms with Gasteiger partial charge in [-0.2, -0.15) is 10.1 Å². The first-order valence-corrected chi connectivity index (χ1v) is 7.28. The molecule has 0 saturated carbocycles. The fourth-order valence-corrected chi connectivity index (χ4v) is 3.37. The molecular weight excluding hydrogens is 288 g/mol. The highest BCUT2D eigenvalue weighted by Gasteiger charge is 2.20. The zero-order chi connectivity index (χ0) is 15.0. The highest BCUT2D eigenvalue weighted by molar-refractivity contribution is 7.23. The van der Waals surface area contributed by atoms with Gasteiger partial charge in [0.2, 0.25) is 5.95 Å². The van der Waals surface area contributed by atoms with Crippen LogP contribution in [0, 0.1) is 0 Å². The van der Waals surface area contributed by atoms with Gasteiger partial charge in [0.05, 0.1) is 26.9 Å². The highest BCUT2D eigenvalue weighted by Crippen LogP contribution is 2.40. The minimum absolute atomic E-state index is 0.0573. The first kappa shape index (κ1) is 13.8. The fraction of sp³-hybridized carbons (Fsp3) is 0.308. The van der Waals surface area contributed by atoms with Crippen molar-refractivity contribution < 1.29 is 4.74 Å². The largest absolute Gasteiger partial charge is 0.382 e. The van der Waals surface area contributed by atoms with Gasteiger partial charge in [-0.3, -0.25) is 5.10 Å². The lowest BCUT2D eigenvalue weighted by Crippen LogP contribution is -2.09. The fourth-order valence-electron chi connectivity index (χ4n) is 2.22. The summed E-state index contributed by atoms with van der Waals surface area (Å²) >= 11 is 1.54. The number of aromatic amines is 1. The molecular formula is C13H16N6OS. The summed E-state index contributed by atoms with van der Waals surface area (Å²) in [6.07, 6.45) is 2.48. The standard InChI is InChI=1S/C13H16N6OS/c1-6(20-2)5-7-9-11(12(14)18-13(15)17-9)21-10(7)8-3-4-16-19-8/h3-4,6H,5H2,1-2H3,(H,16,19)(H4,14,15,17,18). The summed E-state index contributed by atoms with van der Waals surface area (Å²) in [6, 6.07) is 1.92. The number of nitrogens with one attached hydrogen (secondary N) is 1. The summed E-state index contributed by atoms with van der Waals surface area (Å²) in [5, 5.41) is 6.99. The summed E-state index contributed by atoms with van der Waals surface area (Å²) < 4.78 is 6.22. The number of hydrogen-bond donors (Lipinski definition) is 3. The number of methoxy groups -OCH3 is 1. The Labute approximate surface area is 125 Å². The molecule has 8 heteroatoms. The van der Waals surface area contributed by atoms with Gasteiger partial charge in [0.1, 0.15) is 5.82 Å². The van der Waals surface area contributed by atoms with Crippen LogP contribution in [0.5, 0.6) is 0 Å². The predicted octanol–water partition coefficient (Wildman–Crippen LogP) is 1.82. The van der Waals surface area contributed by atoms with Gasteiger partial charge in [0.15, 0.2) is 0 Å². The van der Waals surface area contributed by atoms with E-state index in [9.17, 15) is 0 Å². The molecule has 0 radical (unpaired) electrons. The highest BCUT2D eigenvalue weighted by atomic mass is 32.1. The monoisotopic (exact) mass is 304 g/mol. The van der Waals surface area contributed by atoms with E-state index in [2.05, 4.69) is 20.2 Å². The number of fused-ring (bicyclic) bond motifs is 1. The predicted molar refractivity (Wildman–Crippen MR) is 84.0 cm³/mol. The lowest BCUT2D eigenvalue weighted by atomic mass is 10.1. The van der Waals surface area contributed by atoms with Gasteiger partial charge in [-0.15, -0.1) is 11.3 Å². The SMILES string of the molecule is COC(C)Cc1c(-c2ccn[nH]2)sc2c(N)nc(N)nc12. The number of rotatable bonds is 4. The van der Waals surface area contributed by atoms with E-state index in [1.54, 1.807) is 13.3 Å². The van der Waals surface area contributed by atoms with Crippen LogP contribution in [0.4, 0.5) is 11.8 Å². The van der Waals surface area contributed by atoms with Crippen molar-refractivity contribution >= 4 is 33.3 Å². The molecule has 1 unspecified atom stereocenters. The molecule has 0 spiro atoms. The third-order valence-electron chi connectivity index (χ3n) is 3.31. The van der Waals surface area contributed by atoms with E-state index in [0.717, 1.165) is 26.4 Å². The van der Waals surface area contributed by atoms with E-state index in [0.29, 0.717) is 12.2 Å². The lowest BCUT2D eigenvalue weighted by Gasteiger charge is -2.10. The molecule has 0 aliphatic carbocycles. The van der Waals surface area contributed by atoms with Crippen LogP contribution < -0.4 is 11.5 Å². The number of nitrogens with zero attached hydrogens (tertiary/aromatic N) is 3. The molecule has 0 bridgehead atoms. The molecule has 5 N–H and O–H groups in total. The third-order valence-corrected chi connectivity index (χ3v) is 4.59. The molecule has 0 aromatic carbocycles. The molecule has 1 atom stereocenters. The van der Waals surface area contributed by atoms with Gasteiger partial charge in [-0.1, -0.05) is 0 Å². The van der Waals surface area contributed by atoms with Crippen LogP contribution in [0.15, 0.2) is 12.3 Å². The van der Waals surface area contributed by atoms with E-state index in [1.165, 1.54) is 11.3 Å². The zero-order valence-electron chi connectivity index (χ0n) is 11.8. The Balaban J connectivity index is 2.25. The van der Waals surface area contributed by atoms with Crippen molar-refractivity contribution in [3.63, 3.8) is 0 Å². The Morgan fingerprint density at radius 1 is 1.38 bits per heavy atom. The van der Waals surface area contributed by atoms with E-state index < -0.39 is 0 Å². The quantitative estimate of drug-likeness (QED) is 0.677. The van der Waals surface area contributed by atoms with Gasteiger partial charge >= 0.3 is 0 Å². The number of aromatic nitrogens is 4. The Morgan fingerprint density at radius 3 is 2.86 bits per heavy atom. The molecule has 0 aliphatic heterocycles. The van der Waals surface area contributed by atoms with Crippen LogP contribution in [0.3, 0.4) is 0 Å². The maximum absolute atomic E-state index is 5.98. The van der Waals surface area contributed by atoms with Crippen LogP contribution in [-0.2, 0) is 11.2 Å². The Bertz CT molecular complexity index is 767. The summed E-state index contributed by atoms with van der Waals surface area (Å²) in [4.78, 5) is 9.44.